The zero-order chi connectivity index (χ0) is 25.4. The molecular weight excluding hydrogens is 492 g/mol. The number of hydrazone groups is 1. The highest BCUT2D eigenvalue weighted by Gasteiger charge is 2.50. The number of carbonyl (C=O) groups excluding carboxylic acids is 1. The molecule has 0 saturated carbocycles. The van der Waals surface area contributed by atoms with Crippen molar-refractivity contribution in [2.45, 2.75) is 31.7 Å². The Hall–Kier alpha value is -3.55. The van der Waals surface area contributed by atoms with E-state index in [1.165, 1.54) is 15.6 Å². The Bertz CT molecular complexity index is 1390. The highest BCUT2D eigenvalue weighted by Crippen LogP contribution is 2.27. The van der Waals surface area contributed by atoms with Crippen LogP contribution in [-0.4, -0.2) is 57.8 Å². The topological polar surface area (TPSA) is 100 Å². The summed E-state index contributed by atoms with van der Waals surface area (Å²) < 4.78 is 76.2. The van der Waals surface area contributed by atoms with E-state index in [0.717, 1.165) is 11.8 Å². The number of fused-ring (bicyclic) bond motifs is 1. The summed E-state index contributed by atoms with van der Waals surface area (Å²) in [5, 5.41) is 5.19. The molecule has 0 N–H and O–H groups in total. The van der Waals surface area contributed by atoms with E-state index in [4.69, 9.17) is 0 Å². The standard InChI is InChI=1S/C21H20F4N6O3S/c1-2-17-19(30-12-15(22)11-26-20(30)28-17)18(32)8-5-14-3-6-16(7-4-14)31-10-9-29(13-27-31)35(33,34)21(23,24)25/h3-4,6-7,11-13H,2,5,8-10H2,1H3. The lowest BCUT2D eigenvalue weighted by atomic mass is 10.0. The minimum absolute atomic E-state index is 0.0671. The first-order valence-electron chi connectivity index (χ1n) is 10.6. The van der Waals surface area contributed by atoms with Crippen LogP contribution in [0.15, 0.2) is 41.8 Å². The van der Waals surface area contributed by atoms with Crippen LogP contribution in [0.2, 0.25) is 0 Å². The molecule has 0 fully saturated rings. The zero-order valence-corrected chi connectivity index (χ0v) is 19.2. The van der Waals surface area contributed by atoms with Crippen LogP contribution >= 0.6 is 0 Å². The molecule has 14 heteroatoms. The second-order valence-corrected chi connectivity index (χ2v) is 9.59. The lowest BCUT2D eigenvalue weighted by Crippen LogP contribution is -2.46. The van der Waals surface area contributed by atoms with Crippen LogP contribution in [0.1, 0.15) is 35.1 Å². The Morgan fingerprint density at radius 2 is 1.86 bits per heavy atom. The normalized spacial score (nSPS) is 14.7. The van der Waals surface area contributed by atoms with Gasteiger partial charge in [0, 0.05) is 6.42 Å². The van der Waals surface area contributed by atoms with Gasteiger partial charge in [-0.05, 0) is 30.5 Å². The molecule has 0 aliphatic carbocycles. The number of rotatable bonds is 7. The monoisotopic (exact) mass is 512 g/mol. The number of aryl methyl sites for hydroxylation is 2. The lowest BCUT2D eigenvalue weighted by Gasteiger charge is -2.29. The van der Waals surface area contributed by atoms with Crippen LogP contribution in [0.4, 0.5) is 23.2 Å². The van der Waals surface area contributed by atoms with E-state index in [0.29, 0.717) is 36.3 Å². The van der Waals surface area contributed by atoms with Crippen molar-refractivity contribution in [1.82, 2.24) is 18.7 Å². The largest absolute Gasteiger partial charge is 0.516 e. The van der Waals surface area contributed by atoms with E-state index >= 15 is 0 Å². The Morgan fingerprint density at radius 3 is 2.46 bits per heavy atom. The summed E-state index contributed by atoms with van der Waals surface area (Å²) in [5.74, 6) is -0.543. The number of imidazole rings is 1. The molecule has 0 amide bonds. The molecule has 3 heterocycles. The third-order valence-electron chi connectivity index (χ3n) is 5.45. The molecule has 0 radical (unpaired) electrons. The fourth-order valence-corrected chi connectivity index (χ4v) is 4.40. The second-order valence-electron chi connectivity index (χ2n) is 7.71. The number of hydrogen-bond donors (Lipinski definition) is 0. The number of benzene rings is 1. The van der Waals surface area contributed by atoms with Crippen LogP contribution in [0, 0.1) is 5.82 Å². The highest BCUT2D eigenvalue weighted by atomic mass is 32.2. The van der Waals surface area contributed by atoms with Gasteiger partial charge in [-0.1, -0.05) is 19.1 Å². The highest BCUT2D eigenvalue weighted by molar-refractivity contribution is 7.90. The molecule has 0 saturated heterocycles. The molecule has 0 bridgehead atoms. The Morgan fingerprint density at radius 1 is 1.14 bits per heavy atom. The molecule has 2 aromatic heterocycles. The van der Waals surface area contributed by atoms with Gasteiger partial charge in [-0.2, -0.15) is 26.7 Å². The maximum absolute atomic E-state index is 13.6. The predicted molar refractivity (Wildman–Crippen MR) is 119 cm³/mol. The number of aromatic nitrogens is 3. The number of halogens is 4. The molecular formula is C21H20F4N6O3S. The molecule has 3 aromatic rings. The van der Waals surface area contributed by atoms with E-state index in [1.807, 2.05) is 6.92 Å². The zero-order valence-electron chi connectivity index (χ0n) is 18.4. The summed E-state index contributed by atoms with van der Waals surface area (Å²) in [5.41, 5.74) is -3.19. The van der Waals surface area contributed by atoms with Gasteiger partial charge in [0.25, 0.3) is 0 Å². The van der Waals surface area contributed by atoms with Crippen molar-refractivity contribution in [2.75, 3.05) is 18.1 Å². The van der Waals surface area contributed by atoms with Gasteiger partial charge < -0.3 is 0 Å². The quantitative estimate of drug-likeness (QED) is 0.356. The third-order valence-corrected chi connectivity index (χ3v) is 6.93. The molecule has 0 unspecified atom stereocenters. The fraction of sp³-hybridized carbons (Fsp3) is 0.333. The Balaban J connectivity index is 1.42. The van der Waals surface area contributed by atoms with Crippen molar-refractivity contribution in [2.24, 2.45) is 5.10 Å². The molecule has 0 atom stereocenters. The number of ketones is 1. The maximum Gasteiger partial charge on any atom is 0.516 e. The number of anilines is 1. The van der Waals surface area contributed by atoms with E-state index in [-0.39, 0.29) is 28.8 Å². The Kier molecular flexibility index (Phi) is 6.49. The maximum atomic E-state index is 13.6. The van der Waals surface area contributed by atoms with E-state index in [9.17, 15) is 30.8 Å². The van der Waals surface area contributed by atoms with Gasteiger partial charge in [-0.25, -0.2) is 18.7 Å². The van der Waals surface area contributed by atoms with Crippen LogP contribution in [-0.2, 0) is 22.9 Å². The average Bonchev–Trinajstić information content (AvgIpc) is 3.20. The van der Waals surface area contributed by atoms with E-state index < -0.39 is 27.9 Å². The molecule has 4 rings (SSSR count). The van der Waals surface area contributed by atoms with Gasteiger partial charge in [0.1, 0.15) is 12.0 Å². The van der Waals surface area contributed by atoms with Crippen LogP contribution in [0.25, 0.3) is 5.78 Å². The SMILES string of the molecule is CCc1nc2ncc(F)cn2c1C(=O)CCc1ccc(N2CCN(S(=O)(=O)C(F)(F)F)C=N2)cc1. The number of nitrogens with zero attached hydrogens (tertiary/aromatic N) is 6. The van der Waals surface area contributed by atoms with Crippen molar-refractivity contribution in [3.63, 3.8) is 0 Å². The lowest BCUT2D eigenvalue weighted by molar-refractivity contribution is -0.0471. The minimum atomic E-state index is -5.47. The van der Waals surface area contributed by atoms with Crippen molar-refractivity contribution >= 4 is 33.6 Å². The van der Waals surface area contributed by atoms with Crippen LogP contribution < -0.4 is 5.01 Å². The second kappa shape index (κ2) is 9.24. The van der Waals surface area contributed by atoms with Crippen molar-refractivity contribution in [1.29, 1.82) is 0 Å². The van der Waals surface area contributed by atoms with Crippen molar-refractivity contribution in [3.8, 4) is 0 Å². The molecule has 9 nitrogen and oxygen atoms in total. The van der Waals surface area contributed by atoms with Gasteiger partial charge in [-0.15, -0.1) is 0 Å². The smallest absolute Gasteiger partial charge is 0.292 e. The van der Waals surface area contributed by atoms with Crippen LogP contribution in [0.3, 0.4) is 0 Å². The first-order chi connectivity index (χ1) is 16.5. The number of alkyl halides is 3. The molecule has 1 aromatic carbocycles. The summed E-state index contributed by atoms with van der Waals surface area (Å²) in [6, 6.07) is 6.84. The first-order valence-corrected chi connectivity index (χ1v) is 12.0. The van der Waals surface area contributed by atoms with Crippen molar-refractivity contribution in [3.05, 3.63) is 59.4 Å². The molecule has 1 aliphatic rings. The third kappa shape index (κ3) is 4.83. The molecule has 186 valence electrons. The summed E-state index contributed by atoms with van der Waals surface area (Å²) in [7, 11) is -5.47. The van der Waals surface area contributed by atoms with Crippen LogP contribution in [0.5, 0.6) is 0 Å². The summed E-state index contributed by atoms with van der Waals surface area (Å²) >= 11 is 0. The average molecular weight is 512 g/mol. The van der Waals surface area contributed by atoms with Gasteiger partial charge in [0.15, 0.2) is 11.6 Å². The van der Waals surface area contributed by atoms with Gasteiger partial charge in [0.2, 0.25) is 5.78 Å². The number of carbonyl (C=O) groups is 1. The van der Waals surface area contributed by atoms with E-state index in [1.54, 1.807) is 24.3 Å². The summed E-state index contributed by atoms with van der Waals surface area (Å²) in [4.78, 5) is 21.1. The van der Waals surface area contributed by atoms with Crippen molar-refractivity contribution < 1.29 is 30.8 Å². The number of sulfonamides is 1. The fourth-order valence-electron chi connectivity index (χ4n) is 3.65. The Labute approximate surface area is 197 Å². The van der Waals surface area contributed by atoms with Gasteiger partial charge >= 0.3 is 15.5 Å². The molecule has 35 heavy (non-hydrogen) atoms. The number of hydrogen-bond acceptors (Lipinski definition) is 7. The van der Waals surface area contributed by atoms with Gasteiger partial charge in [-0.3, -0.25) is 14.2 Å². The van der Waals surface area contributed by atoms with Gasteiger partial charge in [0.05, 0.1) is 36.9 Å². The first kappa shape index (κ1) is 24.6. The molecule has 1 aliphatic heterocycles. The predicted octanol–water partition coefficient (Wildman–Crippen LogP) is 3.16. The summed E-state index contributed by atoms with van der Waals surface area (Å²) in [6.07, 6.45) is 3.87. The molecule has 0 spiro atoms. The summed E-state index contributed by atoms with van der Waals surface area (Å²) in [6.45, 7) is 1.37. The minimum Gasteiger partial charge on any atom is -0.292 e. The van der Waals surface area contributed by atoms with E-state index in [2.05, 4.69) is 15.1 Å². The number of Topliss-reactive ketones (excluding diaryl/α,β-unsaturated/α-hetero) is 1.